The van der Waals surface area contributed by atoms with Crippen molar-refractivity contribution >= 4 is 134 Å². The summed E-state index contributed by atoms with van der Waals surface area (Å²) in [5.74, 6) is -19.1. The Balaban J connectivity index is 1.42. The minimum absolute atomic E-state index is 0.149. The summed E-state index contributed by atoms with van der Waals surface area (Å²) in [5, 5.41) is 62.2. The lowest BCUT2D eigenvalue weighted by molar-refractivity contribution is -0.139. The third kappa shape index (κ3) is 28.4. The largest absolute Gasteiger partial charge is 0.508 e. The summed E-state index contributed by atoms with van der Waals surface area (Å²) >= 11 is 0.907. The molecular formula is C72H96N18O20S. The quantitative estimate of drug-likeness (QED) is 0.0182. The molecular weight excluding hydrogens is 1470 g/mol. The zero-order chi connectivity index (χ0) is 81.8. The fraction of sp³-hybridized carbons (Fsp3) is 0.458. The Bertz CT molecular complexity index is 4220. The number of benzene rings is 3. The summed E-state index contributed by atoms with van der Waals surface area (Å²) in [4.78, 5) is 240. The van der Waals surface area contributed by atoms with Gasteiger partial charge in [-0.15, -0.1) is 0 Å². The van der Waals surface area contributed by atoms with E-state index in [0.29, 0.717) is 38.5 Å². The van der Waals surface area contributed by atoms with Crippen LogP contribution in [0, 0.1) is 5.92 Å². The Morgan fingerprint density at radius 1 is 0.532 bits per heavy atom. The fourth-order valence-corrected chi connectivity index (χ4v) is 12.9. The number of para-hydroxylation sites is 2. The van der Waals surface area contributed by atoms with Gasteiger partial charge in [0.25, 0.3) is 0 Å². The van der Waals surface area contributed by atoms with Crippen molar-refractivity contribution in [1.29, 1.82) is 0 Å². The maximum atomic E-state index is 15.4. The van der Waals surface area contributed by atoms with Gasteiger partial charge in [0.1, 0.15) is 72.2 Å². The summed E-state index contributed by atoms with van der Waals surface area (Å²) in [5.41, 5.74) is 24.0. The molecule has 0 saturated carbocycles. The van der Waals surface area contributed by atoms with E-state index in [-0.39, 0.29) is 49.5 Å². The third-order valence-corrected chi connectivity index (χ3v) is 18.8. The standard InChI is InChI=1S/C72H96N18O20S/c1-35(2)13-18-46(63(101)82-49(21-24-60(98)99)64(102)87-54(30-58(75)96)62(100)79-33-59(76)97)83-69(107)52(28-39-31-77-44-11-7-5-9-42(39)44)86-68(106)51(27-38-14-16-41(93)17-15-38)85-71(109)55-34-111-26-25-50(80-37(4)92)66(104)81-48(20-23-57(74)95)67(105)90-61(36(3)91)72(110)88-53(29-40-32-78-45-12-8-6-10-43(40)45)70(108)84-47(65(103)89-55)19-22-56(73)94/h5-12,14-17,31-32,35-36,46-55,61,77-78,91,93H,13,18-30,33-34H2,1-4H3,(H2,73,94)(H2,74,95)(H2,75,96)(H2,76,97)(H,79,100)(H,80,92)(H,81,104)(H,82,101)(H,83,107)(H,84,108)(H,85,109)(H,86,106)(H,87,102)(H,88,110)(H,89,103)(H,90,105)(H,98,99)/t36-,46+,47+,48+,49+,50+,51+,52+,53+,54+,55+,61+/m1/s1. The summed E-state index contributed by atoms with van der Waals surface area (Å²) in [7, 11) is 0. The van der Waals surface area contributed by atoms with Crippen molar-refractivity contribution in [2.75, 3.05) is 18.1 Å². The molecule has 0 spiro atoms. The molecule has 3 aromatic carbocycles. The number of aromatic amines is 2. The number of aliphatic carboxylic acids is 1. The second kappa shape index (κ2) is 42.6. The van der Waals surface area contributed by atoms with Crippen LogP contribution >= 0.6 is 11.8 Å². The molecule has 2 aromatic heterocycles. The van der Waals surface area contributed by atoms with Crippen LogP contribution in [0.15, 0.2) is 85.2 Å². The number of aromatic hydroxyl groups is 1. The van der Waals surface area contributed by atoms with Crippen LogP contribution in [0.4, 0.5) is 0 Å². The Morgan fingerprint density at radius 2 is 1.04 bits per heavy atom. The van der Waals surface area contributed by atoms with E-state index < -0.39 is 237 Å². The van der Waals surface area contributed by atoms with Gasteiger partial charge in [0.2, 0.25) is 94.5 Å². The van der Waals surface area contributed by atoms with Crippen LogP contribution in [-0.2, 0) is 101 Å². The maximum Gasteiger partial charge on any atom is 0.303 e. The minimum Gasteiger partial charge on any atom is -0.508 e. The molecule has 1 aliphatic rings. The van der Waals surface area contributed by atoms with E-state index in [1.165, 1.54) is 24.3 Å². The lowest BCUT2D eigenvalue weighted by Gasteiger charge is -2.29. The van der Waals surface area contributed by atoms with Crippen LogP contribution in [0.1, 0.15) is 109 Å². The van der Waals surface area contributed by atoms with Crippen molar-refractivity contribution in [2.45, 2.75) is 184 Å². The highest BCUT2D eigenvalue weighted by Gasteiger charge is 2.39. The number of hydrogen-bond donors (Lipinski definition) is 21. The van der Waals surface area contributed by atoms with Gasteiger partial charge in [0.05, 0.1) is 19.1 Å². The molecule has 38 nitrogen and oxygen atoms in total. The van der Waals surface area contributed by atoms with Crippen LogP contribution in [0.3, 0.4) is 0 Å². The number of phenolic OH excluding ortho intramolecular Hbond substituents is 1. The van der Waals surface area contributed by atoms with E-state index in [9.17, 15) is 77.6 Å². The molecule has 3 heterocycles. The number of carboxylic acid groups (broad SMARTS) is 1. The Kier molecular flexibility index (Phi) is 33.6. The molecule has 6 rings (SSSR count). The van der Waals surface area contributed by atoms with E-state index in [4.69, 9.17) is 22.9 Å². The van der Waals surface area contributed by atoms with Crippen LogP contribution in [0.25, 0.3) is 21.8 Å². The first-order chi connectivity index (χ1) is 52.5. The van der Waals surface area contributed by atoms with E-state index in [1.807, 2.05) is 0 Å². The van der Waals surface area contributed by atoms with Gasteiger partial charge in [-0.05, 0) is 98.1 Å². The van der Waals surface area contributed by atoms with Gasteiger partial charge in [0, 0.05) is 85.4 Å². The molecule has 12 atom stereocenters. The minimum atomic E-state index is -1.89. The highest BCUT2D eigenvalue weighted by Crippen LogP contribution is 2.23. The average molecular weight is 1570 g/mol. The SMILES string of the molecule is CC(=O)N[C@H]1CCSC[C@@H](C(=O)N[C@@H](Cc2ccc(O)cc2)C(=O)N[C@@H](Cc2c[nH]c3ccccc23)C(=O)N[C@@H](CCC(C)C)C(=O)N[C@@H](CCC(=O)O)C(=O)N[C@@H](CC(N)=O)C(=O)NCC(N)=O)NC(=O)[C@H](CCC(N)=O)NC(=O)[C@H](Cc2c[nH]c3ccccc23)NC(=O)[C@H]([C@@H](C)O)NC(=O)[C@H](CCC(N)=O)NC1=O. The number of aliphatic hydroxyl groups excluding tert-OH is 1. The second-order valence-electron chi connectivity index (χ2n) is 27.2. The number of thioether (sulfide) groups is 1. The molecule has 0 radical (unpaired) electrons. The molecule has 25 N–H and O–H groups in total. The molecule has 1 fully saturated rings. The van der Waals surface area contributed by atoms with Crippen molar-refractivity contribution in [3.63, 3.8) is 0 Å². The van der Waals surface area contributed by atoms with Gasteiger partial charge in [-0.1, -0.05) is 62.4 Å². The molecule has 0 aliphatic carbocycles. The van der Waals surface area contributed by atoms with Crippen molar-refractivity contribution < 1.29 is 96.8 Å². The number of nitrogens with two attached hydrogens (primary N) is 4. The van der Waals surface area contributed by atoms with Crippen LogP contribution in [0.2, 0.25) is 0 Å². The van der Waals surface area contributed by atoms with Crippen molar-refractivity contribution in [1.82, 2.24) is 73.8 Å². The number of primary amides is 4. The number of carbonyl (C=O) groups is 17. The monoisotopic (exact) mass is 1560 g/mol. The number of phenols is 1. The van der Waals surface area contributed by atoms with Crippen LogP contribution in [0.5, 0.6) is 5.75 Å². The van der Waals surface area contributed by atoms with E-state index >= 15 is 19.2 Å². The Hall–Kier alpha value is -12.2. The molecule has 0 unspecified atom stereocenters. The lowest BCUT2D eigenvalue weighted by atomic mass is 9.99. The molecule has 16 amide bonds. The number of carboxylic acids is 1. The van der Waals surface area contributed by atoms with Gasteiger partial charge in [-0.3, -0.25) is 81.5 Å². The van der Waals surface area contributed by atoms with E-state index in [2.05, 4.69) is 73.8 Å². The van der Waals surface area contributed by atoms with Crippen molar-refractivity contribution in [3.05, 3.63) is 102 Å². The first kappa shape index (κ1) is 87.7. The van der Waals surface area contributed by atoms with Gasteiger partial charge < -0.3 is 112 Å². The predicted octanol–water partition coefficient (Wildman–Crippen LogP) is -4.44. The molecule has 0 bridgehead atoms. The van der Waals surface area contributed by atoms with E-state index in [1.54, 1.807) is 74.8 Å². The number of hydrogen-bond acceptors (Lipinski definition) is 20. The highest BCUT2D eigenvalue weighted by atomic mass is 32.2. The number of aliphatic hydroxyl groups is 1. The number of aromatic nitrogens is 2. The lowest BCUT2D eigenvalue weighted by Crippen LogP contribution is -2.62. The van der Waals surface area contributed by atoms with E-state index in [0.717, 1.165) is 25.6 Å². The zero-order valence-electron chi connectivity index (χ0n) is 61.4. The first-order valence-electron chi connectivity index (χ1n) is 35.6. The summed E-state index contributed by atoms with van der Waals surface area (Å²) in [6.45, 7) is 5.09. The summed E-state index contributed by atoms with van der Waals surface area (Å²) in [6.07, 6.45) is -4.19. The van der Waals surface area contributed by atoms with Crippen LogP contribution < -0.4 is 86.7 Å². The number of fused-ring (bicyclic) bond motifs is 2. The summed E-state index contributed by atoms with van der Waals surface area (Å²) in [6, 6.07) is 0.281. The third-order valence-electron chi connectivity index (χ3n) is 17.7. The number of nitrogens with one attached hydrogen (secondary N) is 14. The molecule has 111 heavy (non-hydrogen) atoms. The number of carbonyl (C=O) groups excluding carboxylic acids is 16. The maximum absolute atomic E-state index is 15.4. The van der Waals surface area contributed by atoms with Crippen molar-refractivity contribution in [3.8, 4) is 5.75 Å². The fourth-order valence-electron chi connectivity index (χ4n) is 11.9. The number of H-pyrrole nitrogens is 2. The Morgan fingerprint density at radius 3 is 1.59 bits per heavy atom. The molecule has 1 saturated heterocycles. The van der Waals surface area contributed by atoms with Gasteiger partial charge in [0.15, 0.2) is 0 Å². The van der Waals surface area contributed by atoms with Crippen LogP contribution in [-0.4, -0.2) is 216 Å². The number of amides is 16. The average Bonchev–Trinajstić information content (AvgIpc) is 1.68. The van der Waals surface area contributed by atoms with Gasteiger partial charge in [-0.2, -0.15) is 11.8 Å². The normalized spacial score (nSPS) is 19.1. The zero-order valence-corrected chi connectivity index (χ0v) is 62.2. The topological polar surface area (TPSA) is 631 Å². The molecule has 5 aromatic rings. The molecule has 39 heteroatoms. The first-order valence-corrected chi connectivity index (χ1v) is 36.8. The summed E-state index contributed by atoms with van der Waals surface area (Å²) < 4.78 is 0. The predicted molar refractivity (Wildman–Crippen MR) is 400 cm³/mol. The van der Waals surface area contributed by atoms with Gasteiger partial charge >= 0.3 is 5.97 Å². The van der Waals surface area contributed by atoms with Crippen molar-refractivity contribution in [2.24, 2.45) is 28.9 Å². The molecule has 1 aliphatic heterocycles. The van der Waals surface area contributed by atoms with Gasteiger partial charge in [-0.25, -0.2) is 0 Å². The molecule has 600 valence electrons. The number of rotatable bonds is 35. The second-order valence-corrected chi connectivity index (χ2v) is 28.3. The highest BCUT2D eigenvalue weighted by molar-refractivity contribution is 7.99. The Labute approximate surface area is 640 Å². The smallest absolute Gasteiger partial charge is 0.303 e.